The van der Waals surface area contributed by atoms with E-state index in [4.69, 9.17) is 41.9 Å². The van der Waals surface area contributed by atoms with Gasteiger partial charge in [-0.1, -0.05) is 49.3 Å². The average molecular weight is 529 g/mol. The van der Waals surface area contributed by atoms with Gasteiger partial charge in [0.15, 0.2) is 0 Å². The van der Waals surface area contributed by atoms with Crippen molar-refractivity contribution >= 4 is 59.6 Å². The summed E-state index contributed by atoms with van der Waals surface area (Å²) in [5.74, 6) is -4.50. The second kappa shape index (κ2) is 10.6. The molecule has 0 radical (unpaired) electrons. The Bertz CT molecular complexity index is 1040. The zero-order valence-corrected chi connectivity index (χ0v) is 20.9. The van der Waals surface area contributed by atoms with Crippen molar-refractivity contribution < 1.29 is 42.7 Å². The minimum atomic E-state index is -3.13. The Balaban J connectivity index is 1.80. The van der Waals surface area contributed by atoms with E-state index in [9.17, 15) is 24.0 Å². The number of hydrogen-bond acceptors (Lipinski definition) is 9. The monoisotopic (exact) mass is 528 g/mol. The molecular formula is C22H25BCl2NO9-. The van der Waals surface area contributed by atoms with Crippen LogP contribution >= 0.6 is 23.2 Å². The van der Waals surface area contributed by atoms with Gasteiger partial charge in [0, 0.05) is 5.02 Å². The van der Waals surface area contributed by atoms with Crippen LogP contribution in [0.1, 0.15) is 49.9 Å². The van der Waals surface area contributed by atoms with Gasteiger partial charge in [-0.15, -0.1) is 0 Å². The molecule has 1 aromatic carbocycles. The first kappa shape index (κ1) is 27.0. The second-order valence-corrected chi connectivity index (χ2v) is 9.92. The van der Waals surface area contributed by atoms with E-state index in [0.29, 0.717) is 5.02 Å². The van der Waals surface area contributed by atoms with Crippen molar-refractivity contribution in [2.45, 2.75) is 50.9 Å². The van der Waals surface area contributed by atoms with Crippen LogP contribution in [0.15, 0.2) is 18.2 Å². The molecule has 1 N–H and O–H groups in total. The lowest BCUT2D eigenvalue weighted by atomic mass is 9.55. The third-order valence-electron chi connectivity index (χ3n) is 5.86. The Morgan fingerprint density at radius 1 is 1.14 bits per heavy atom. The summed E-state index contributed by atoms with van der Waals surface area (Å²) in [6.07, 6.45) is -1.04. The lowest BCUT2D eigenvalue weighted by Gasteiger charge is -2.57. The highest BCUT2D eigenvalue weighted by Gasteiger charge is 2.61. The van der Waals surface area contributed by atoms with Crippen LogP contribution in [0.25, 0.3) is 0 Å². The Morgan fingerprint density at radius 3 is 2.34 bits per heavy atom. The van der Waals surface area contributed by atoms with Crippen molar-refractivity contribution in [3.63, 3.8) is 0 Å². The predicted molar refractivity (Wildman–Crippen MR) is 125 cm³/mol. The first-order chi connectivity index (χ1) is 16.4. The van der Waals surface area contributed by atoms with Crippen molar-refractivity contribution in [3.8, 4) is 0 Å². The molecule has 0 aliphatic carbocycles. The smallest absolute Gasteiger partial charge is 0.499 e. The van der Waals surface area contributed by atoms with E-state index in [1.165, 1.54) is 18.2 Å². The Kier molecular flexibility index (Phi) is 8.13. The molecule has 3 rings (SSSR count). The van der Waals surface area contributed by atoms with Crippen molar-refractivity contribution in [1.82, 2.24) is 5.32 Å². The number of ether oxygens (including phenoxy) is 1. The minimum Gasteiger partial charge on any atom is -0.633 e. The average Bonchev–Trinajstić information content (AvgIpc) is 2.76. The molecule has 190 valence electrons. The molecule has 2 bridgehead atoms. The summed E-state index contributed by atoms with van der Waals surface area (Å²) in [5, 5.41) is 2.94. The van der Waals surface area contributed by atoms with Crippen LogP contribution in [0.5, 0.6) is 0 Å². The lowest BCUT2D eigenvalue weighted by molar-refractivity contribution is -0.195. The number of methoxy groups -OCH3 is 1. The topological polar surface area (TPSA) is 134 Å². The van der Waals surface area contributed by atoms with Crippen LogP contribution in [0.2, 0.25) is 15.9 Å². The number of Topliss-reactive ketones (excluding diaryl/α,β-unsaturated/α-hetero) is 1. The first-order valence-electron chi connectivity index (χ1n) is 11.0. The molecule has 2 heterocycles. The van der Waals surface area contributed by atoms with Crippen LogP contribution in [0.3, 0.4) is 0 Å². The lowest BCUT2D eigenvalue weighted by Crippen LogP contribution is -2.69. The molecule has 13 heteroatoms. The molecule has 2 saturated heterocycles. The van der Waals surface area contributed by atoms with Crippen LogP contribution in [-0.4, -0.2) is 55.6 Å². The molecule has 0 saturated carbocycles. The van der Waals surface area contributed by atoms with E-state index in [1.807, 2.05) is 13.8 Å². The predicted octanol–water partition coefficient (Wildman–Crippen LogP) is 2.86. The van der Waals surface area contributed by atoms with Gasteiger partial charge in [-0.2, -0.15) is 0 Å². The first-order valence-corrected chi connectivity index (χ1v) is 11.8. The van der Waals surface area contributed by atoms with Crippen molar-refractivity contribution in [1.29, 1.82) is 0 Å². The third-order valence-corrected chi connectivity index (χ3v) is 6.42. The minimum absolute atomic E-state index is 0.0266. The fraction of sp³-hybridized carbons (Fsp3) is 0.500. The van der Waals surface area contributed by atoms with Crippen LogP contribution in [0, 0.1) is 5.92 Å². The maximum absolute atomic E-state index is 12.9. The normalized spacial score (nSPS) is 24.3. The summed E-state index contributed by atoms with van der Waals surface area (Å²) in [6.45, 7) is 0.200. The summed E-state index contributed by atoms with van der Waals surface area (Å²) in [5.41, 5.74) is -1.78. The molecule has 2 fully saturated rings. The van der Waals surface area contributed by atoms with Crippen molar-refractivity contribution in [3.05, 3.63) is 33.8 Å². The van der Waals surface area contributed by atoms with E-state index in [2.05, 4.69) is 5.32 Å². The van der Waals surface area contributed by atoms with Gasteiger partial charge < -0.3 is 24.0 Å². The standard InChI is InChI=1S/C22H25BCl2NO9/c1-12(2)6-13(7-15(27)11-26-20(30)16-8-14(24)4-5-17(16)25)23-33-18(28)9-22(35-23,21(31)32-3)10-19(29)34-23/h4-5,8,12-13H,6-7,9-11H2,1-3H3,(H,26,30)/q-1. The molecule has 1 amide bonds. The summed E-state index contributed by atoms with van der Waals surface area (Å²) in [7, 11) is 1.11. The van der Waals surface area contributed by atoms with E-state index < -0.39 is 60.6 Å². The second-order valence-electron chi connectivity index (χ2n) is 9.07. The van der Waals surface area contributed by atoms with E-state index in [0.717, 1.165) is 7.11 Å². The maximum atomic E-state index is 12.9. The quantitative estimate of drug-likeness (QED) is 0.379. The maximum Gasteiger partial charge on any atom is 0.499 e. The number of rotatable bonds is 9. The largest absolute Gasteiger partial charge is 0.633 e. The van der Waals surface area contributed by atoms with E-state index in [1.54, 1.807) is 0 Å². The zero-order valence-electron chi connectivity index (χ0n) is 19.4. The van der Waals surface area contributed by atoms with Crippen molar-refractivity contribution in [2.75, 3.05) is 13.7 Å². The van der Waals surface area contributed by atoms with E-state index >= 15 is 0 Å². The molecule has 35 heavy (non-hydrogen) atoms. The number of amides is 1. The van der Waals surface area contributed by atoms with Gasteiger partial charge >= 0.3 is 12.7 Å². The van der Waals surface area contributed by atoms with Gasteiger partial charge in [0.05, 0.1) is 37.1 Å². The number of halogens is 2. The molecule has 1 unspecified atom stereocenters. The Hall–Kier alpha value is -2.63. The third kappa shape index (κ3) is 5.96. The highest BCUT2D eigenvalue weighted by molar-refractivity contribution is 6.67. The Labute approximate surface area is 211 Å². The summed E-state index contributed by atoms with van der Waals surface area (Å²) < 4.78 is 21.5. The van der Waals surface area contributed by atoms with Gasteiger partial charge in [0.2, 0.25) is 0 Å². The van der Waals surface area contributed by atoms with Crippen LogP contribution < -0.4 is 5.32 Å². The molecule has 1 aromatic rings. The fourth-order valence-electron chi connectivity index (χ4n) is 4.43. The molecule has 0 spiro atoms. The molecule has 2 aliphatic rings. The molecule has 10 nitrogen and oxygen atoms in total. The fourth-order valence-corrected chi connectivity index (χ4v) is 4.80. The van der Waals surface area contributed by atoms with Gasteiger partial charge in [-0.3, -0.25) is 19.2 Å². The summed E-state index contributed by atoms with van der Waals surface area (Å²) in [6, 6.07) is 4.35. The van der Waals surface area contributed by atoms with E-state index in [-0.39, 0.29) is 35.9 Å². The highest BCUT2D eigenvalue weighted by atomic mass is 35.5. The van der Waals surface area contributed by atoms with Gasteiger partial charge in [-0.25, -0.2) is 4.79 Å². The zero-order chi connectivity index (χ0) is 26.0. The molecule has 2 aliphatic heterocycles. The number of hydrogen-bond donors (Lipinski definition) is 1. The van der Waals surface area contributed by atoms with Crippen molar-refractivity contribution in [2.24, 2.45) is 5.92 Å². The molecular weight excluding hydrogens is 504 g/mol. The highest BCUT2D eigenvalue weighted by Crippen LogP contribution is 2.46. The number of benzene rings is 1. The number of carbonyl (C=O) groups is 5. The number of nitrogens with one attached hydrogen (secondary N) is 1. The number of carbonyl (C=O) groups excluding carboxylic acids is 5. The van der Waals surface area contributed by atoms with Gasteiger partial charge in [0.1, 0.15) is 11.4 Å². The molecule has 0 aromatic heterocycles. The van der Waals surface area contributed by atoms with Gasteiger partial charge in [-0.05, 0) is 30.5 Å². The molecule has 1 atom stereocenters. The summed E-state index contributed by atoms with van der Waals surface area (Å²) in [4.78, 5) is 62.8. The van der Waals surface area contributed by atoms with Crippen LogP contribution in [-0.2, 0) is 37.9 Å². The SMILES string of the molecule is COC(=O)C12CC(=O)O[B-](C(CC(=O)CNC(=O)c3cc(Cl)ccc3Cl)CC(C)C)(OC(=O)C1)O2. The number of ketones is 1. The van der Waals surface area contributed by atoms with Crippen LogP contribution in [0.4, 0.5) is 0 Å². The number of esters is 1. The number of fused-ring (bicyclic) bond motifs is 2. The van der Waals surface area contributed by atoms with Gasteiger partial charge in [0.25, 0.3) is 17.8 Å². The summed E-state index contributed by atoms with van der Waals surface area (Å²) >= 11 is 11.9. The Morgan fingerprint density at radius 2 is 1.77 bits per heavy atom.